The third-order valence-electron chi connectivity index (χ3n) is 0. The van der Waals surface area contributed by atoms with E-state index in [9.17, 15) is 0 Å². The van der Waals surface area contributed by atoms with E-state index in [2.05, 4.69) is 0 Å². The Labute approximate surface area is 113 Å². The van der Waals surface area contributed by atoms with Gasteiger partial charge in [0.2, 0.25) is 0 Å². The van der Waals surface area contributed by atoms with Crippen LogP contribution in [0.3, 0.4) is 0 Å². The van der Waals surface area contributed by atoms with Crippen LogP contribution in [0.25, 0.3) is 0 Å². The Kier molecular flexibility index (Phi) is 105. The largest absolute Gasteiger partial charge is 2.00 e. The Hall–Kier alpha value is 3.44. The minimum absolute atomic E-state index is 0. The molecular weight excluding hydrogens is 192 g/mol. The van der Waals surface area contributed by atoms with E-state index in [4.69, 9.17) is 0 Å². The van der Waals surface area contributed by atoms with Crippen molar-refractivity contribution in [2.75, 3.05) is 0 Å². The van der Waals surface area contributed by atoms with Crippen molar-refractivity contribution in [3.05, 3.63) is 0 Å². The van der Waals surface area contributed by atoms with Crippen LogP contribution in [0.1, 0.15) is 5.71 Å². The van der Waals surface area contributed by atoms with Gasteiger partial charge in [-0.25, -0.2) is 0 Å². The van der Waals surface area contributed by atoms with Crippen molar-refractivity contribution in [3.8, 4) is 0 Å². The first-order valence-corrected chi connectivity index (χ1v) is 0. The topological polar surface area (TPSA) is 0 Å². The van der Waals surface area contributed by atoms with E-state index < -0.39 is 0 Å². The molecule has 0 nitrogen and oxygen atoms in total. The van der Waals surface area contributed by atoms with Gasteiger partial charge in [-0.1, -0.05) is 0 Å². The Morgan fingerprint density at radius 3 is 1.00 bits per heavy atom. The molecule has 0 N–H and O–H groups in total. The van der Waals surface area contributed by atoms with Crippen LogP contribution in [-0.2, 0) is 0 Å². The van der Waals surface area contributed by atoms with Crippen LogP contribution in [0.2, 0.25) is 0 Å². The van der Waals surface area contributed by atoms with Gasteiger partial charge < -0.3 is 5.71 Å². The Balaban J connectivity index is 0. The van der Waals surface area contributed by atoms with Crippen molar-refractivity contribution >= 4 is 110 Å². The minimum Gasteiger partial charge on any atom is -1.00 e. The summed E-state index contributed by atoms with van der Waals surface area (Å²) in [4.78, 5) is 0. The molecule has 0 saturated carbocycles. The first-order chi connectivity index (χ1) is 0. The van der Waals surface area contributed by atoms with Gasteiger partial charge in [-0.05, 0) is 0 Å². The molecule has 24 valence electrons. The third-order valence-corrected chi connectivity index (χ3v) is 0. The average Bonchev–Trinajstić information content (AvgIpc) is 0. The summed E-state index contributed by atoms with van der Waals surface area (Å²) < 4.78 is 0. The fourth-order valence-electron chi connectivity index (χ4n) is 0. The Bertz CT molecular complexity index is 14.0. The van der Waals surface area contributed by atoms with Gasteiger partial charge in [-0.3, -0.25) is 0 Å². The fraction of sp³-hybridized carbons (Fsp3) is 0. The molecule has 4 heavy (non-hydrogen) atoms. The minimum atomic E-state index is 0. The number of rotatable bonds is 0. The van der Waals surface area contributed by atoms with Gasteiger partial charge in [0.15, 0.2) is 0 Å². The van der Waals surface area contributed by atoms with E-state index in [1.807, 2.05) is 0 Å². The molecule has 0 spiro atoms. The summed E-state index contributed by atoms with van der Waals surface area (Å²) in [6, 6.07) is 0. The molecule has 0 radical (unpaired) electrons. The summed E-state index contributed by atoms with van der Waals surface area (Å²) in [6.45, 7) is 0. The van der Waals surface area contributed by atoms with Gasteiger partial charge in [0.25, 0.3) is 0 Å². The predicted molar refractivity (Wildman–Crippen MR) is 36.7 cm³/mol. The van der Waals surface area contributed by atoms with Crippen molar-refractivity contribution in [1.29, 1.82) is 0 Å². The molecule has 4 heteroatoms. The van der Waals surface area contributed by atoms with Gasteiger partial charge in [-0.15, -0.1) is 0 Å². The normalized spacial score (nSPS) is 0. The second kappa shape index (κ2) is 16.1. The van der Waals surface area contributed by atoms with Crippen molar-refractivity contribution in [2.45, 2.75) is 0 Å². The second-order valence-corrected chi connectivity index (χ2v) is 0. The molecule has 0 atom stereocenters. The third kappa shape index (κ3) is 9.06. The van der Waals surface area contributed by atoms with Crippen LogP contribution in [0.15, 0.2) is 0 Å². The van der Waals surface area contributed by atoms with Crippen molar-refractivity contribution in [3.63, 3.8) is 0 Å². The van der Waals surface area contributed by atoms with Crippen LogP contribution in [-0.4, -0.2) is 83.2 Å². The van der Waals surface area contributed by atoms with Crippen molar-refractivity contribution in [2.24, 2.45) is 0 Å². The summed E-state index contributed by atoms with van der Waals surface area (Å²) in [6.07, 6.45) is 0. The Morgan fingerprint density at radius 1 is 1.00 bits per heavy atom. The molecule has 0 rings (SSSR count). The zero-order chi connectivity index (χ0) is 0. The second-order valence-electron chi connectivity index (χ2n) is 0. The molecule has 0 aliphatic carbocycles. The maximum absolute atomic E-state index is 0. The smallest absolute Gasteiger partial charge is 1.00 e. The van der Waals surface area contributed by atoms with Gasteiger partial charge in [0, 0.05) is 0 Å². The maximum Gasteiger partial charge on any atom is 2.00 e. The van der Waals surface area contributed by atoms with Gasteiger partial charge in [-0.2, -0.15) is 27.0 Å². The molecular formula is H8CaS2Sr. The molecule has 0 saturated heterocycles. The standard InChI is InChI=1S/Ca.2H2S.Sr.4H/h;2*1H2;;;;;/q+2;;;+2;4*-1. The molecule has 0 aromatic heterocycles. The van der Waals surface area contributed by atoms with E-state index in [0.717, 1.165) is 0 Å². The summed E-state index contributed by atoms with van der Waals surface area (Å²) >= 11 is 0. The zero-order valence-electron chi connectivity index (χ0n) is 6.41. The first kappa shape index (κ1) is 26.1. The van der Waals surface area contributed by atoms with Crippen LogP contribution in [0.4, 0.5) is 0 Å². The summed E-state index contributed by atoms with van der Waals surface area (Å²) in [5.41, 5.74) is 0. The van der Waals surface area contributed by atoms with E-state index in [1.54, 1.807) is 0 Å². The monoisotopic (exact) mass is 200 g/mol. The molecule has 0 aliphatic heterocycles. The van der Waals surface area contributed by atoms with Crippen LogP contribution < -0.4 is 0 Å². The molecule has 0 amide bonds. The van der Waals surface area contributed by atoms with E-state index in [0.29, 0.717) is 0 Å². The van der Waals surface area contributed by atoms with Gasteiger partial charge in [0.1, 0.15) is 0 Å². The molecule has 0 aliphatic rings. The SMILES string of the molecule is S.S.[Ca+2].[H-].[H-].[H-].[H-].[Sr+2]. The van der Waals surface area contributed by atoms with Crippen molar-refractivity contribution in [1.82, 2.24) is 0 Å². The van der Waals surface area contributed by atoms with Crippen LogP contribution in [0.5, 0.6) is 0 Å². The molecule has 0 bridgehead atoms. The fourth-order valence-corrected chi connectivity index (χ4v) is 0. The van der Waals surface area contributed by atoms with Crippen LogP contribution in [0, 0.1) is 0 Å². The zero-order valence-corrected chi connectivity index (χ0v) is 10.1. The number of hydrogen-bond acceptors (Lipinski definition) is 0. The summed E-state index contributed by atoms with van der Waals surface area (Å²) in [5.74, 6) is 0. The Morgan fingerprint density at radius 2 is 1.00 bits per heavy atom. The first-order valence-electron chi connectivity index (χ1n) is 0. The molecule has 0 aromatic rings. The van der Waals surface area contributed by atoms with E-state index in [-0.39, 0.29) is 116 Å². The molecule has 0 aromatic carbocycles. The van der Waals surface area contributed by atoms with Gasteiger partial charge >= 0.3 is 83.2 Å². The number of hydrogen-bond donors (Lipinski definition) is 0. The van der Waals surface area contributed by atoms with E-state index in [1.165, 1.54) is 0 Å². The molecule has 0 fully saturated rings. The van der Waals surface area contributed by atoms with E-state index >= 15 is 0 Å². The quantitative estimate of drug-likeness (QED) is 0.479. The van der Waals surface area contributed by atoms with Gasteiger partial charge in [0.05, 0.1) is 0 Å². The predicted octanol–water partition coefficient (Wildman–Crippen LogP) is -0.0860. The molecule has 0 unspecified atom stereocenters. The van der Waals surface area contributed by atoms with Crippen LogP contribution >= 0.6 is 27.0 Å². The average molecular weight is 200 g/mol. The molecule has 0 heterocycles. The maximum atomic E-state index is 0. The summed E-state index contributed by atoms with van der Waals surface area (Å²) in [7, 11) is 0. The van der Waals surface area contributed by atoms with Crippen molar-refractivity contribution < 1.29 is 5.71 Å². The summed E-state index contributed by atoms with van der Waals surface area (Å²) in [5, 5.41) is 0.